The molecule has 0 atom stereocenters. The largest absolute Gasteiger partial charge is 0.457 e. The lowest BCUT2D eigenvalue weighted by molar-refractivity contribution is 0.476. The van der Waals surface area contributed by atoms with E-state index >= 15 is 0 Å². The van der Waals surface area contributed by atoms with Gasteiger partial charge in [0.25, 0.3) is 0 Å². The maximum absolute atomic E-state index is 13.0. The molecule has 0 amide bonds. The van der Waals surface area contributed by atoms with Gasteiger partial charge in [0.1, 0.15) is 17.3 Å². The Balaban J connectivity index is 2.26. The summed E-state index contributed by atoms with van der Waals surface area (Å²) in [6, 6.07) is 10.0. The molecule has 0 spiro atoms. The summed E-state index contributed by atoms with van der Waals surface area (Å²) in [4.78, 5) is 0. The van der Waals surface area contributed by atoms with Crippen molar-refractivity contribution in [1.29, 1.82) is 0 Å². The van der Waals surface area contributed by atoms with Gasteiger partial charge in [0.05, 0.1) is 0 Å². The Morgan fingerprint density at radius 2 is 2.00 bits per heavy atom. The molecule has 2 aromatic rings. The first-order chi connectivity index (χ1) is 8.60. The van der Waals surface area contributed by atoms with E-state index in [0.717, 1.165) is 15.6 Å². The molecule has 0 saturated carbocycles. The second-order valence-corrected chi connectivity index (χ2v) is 5.02. The maximum Gasteiger partial charge on any atom is 0.130 e. The lowest BCUT2D eigenvalue weighted by atomic mass is 10.2. The molecule has 0 saturated heterocycles. The molecule has 0 aliphatic rings. The third-order valence-corrected chi connectivity index (χ3v) is 3.56. The molecular weight excluding hydrogens is 319 g/mol. The van der Waals surface area contributed by atoms with Crippen LogP contribution in [0.15, 0.2) is 40.9 Å². The first-order valence-electron chi connectivity index (χ1n) is 5.38. The topological polar surface area (TPSA) is 9.23 Å². The first-order valence-corrected chi connectivity index (χ1v) is 6.71. The van der Waals surface area contributed by atoms with Crippen LogP contribution in [0.3, 0.4) is 0 Å². The van der Waals surface area contributed by atoms with Gasteiger partial charge in [0, 0.05) is 10.4 Å². The monoisotopic (exact) mass is 328 g/mol. The summed E-state index contributed by atoms with van der Waals surface area (Å²) < 4.78 is 19.6. The number of ether oxygens (including phenoxy) is 1. The molecule has 0 heterocycles. The zero-order valence-corrected chi connectivity index (χ0v) is 12.1. The predicted octanol–water partition coefficient (Wildman–Crippen LogP) is 5.43. The van der Waals surface area contributed by atoms with Crippen molar-refractivity contribution in [2.45, 2.75) is 12.8 Å². The van der Waals surface area contributed by atoms with E-state index in [0.29, 0.717) is 17.4 Å². The Bertz CT molecular complexity index is 572. The van der Waals surface area contributed by atoms with E-state index in [9.17, 15) is 4.39 Å². The predicted molar refractivity (Wildman–Crippen MR) is 74.9 cm³/mol. The standard InChI is InChI=1S/C14H11BrClFO/c1-9-6-11(17)3-5-14(9)18-12-4-2-10(8-16)13(15)7-12/h2-7H,8H2,1H3. The van der Waals surface area contributed by atoms with Crippen molar-refractivity contribution in [1.82, 2.24) is 0 Å². The molecule has 0 unspecified atom stereocenters. The highest BCUT2D eigenvalue weighted by molar-refractivity contribution is 9.10. The van der Waals surface area contributed by atoms with Gasteiger partial charge < -0.3 is 4.74 Å². The number of benzene rings is 2. The summed E-state index contributed by atoms with van der Waals surface area (Å²) in [6.45, 7) is 1.81. The maximum atomic E-state index is 13.0. The highest BCUT2D eigenvalue weighted by Crippen LogP contribution is 2.29. The number of hydrogen-bond acceptors (Lipinski definition) is 1. The van der Waals surface area contributed by atoms with E-state index < -0.39 is 0 Å². The second kappa shape index (κ2) is 5.72. The molecule has 0 bridgehead atoms. The fraction of sp³-hybridized carbons (Fsp3) is 0.143. The minimum atomic E-state index is -0.265. The van der Waals surface area contributed by atoms with Crippen molar-refractivity contribution in [3.8, 4) is 11.5 Å². The third-order valence-electron chi connectivity index (χ3n) is 2.53. The molecule has 2 aromatic carbocycles. The lowest BCUT2D eigenvalue weighted by Gasteiger charge is -2.10. The Labute approximate surface area is 119 Å². The van der Waals surface area contributed by atoms with Gasteiger partial charge in [-0.15, -0.1) is 11.6 Å². The molecule has 0 aliphatic heterocycles. The Morgan fingerprint density at radius 1 is 1.22 bits per heavy atom. The van der Waals surface area contributed by atoms with Crippen LogP contribution in [-0.4, -0.2) is 0 Å². The molecule has 94 valence electrons. The third kappa shape index (κ3) is 3.03. The average molecular weight is 330 g/mol. The van der Waals surface area contributed by atoms with Crippen molar-refractivity contribution >= 4 is 27.5 Å². The Kier molecular flexibility index (Phi) is 4.25. The smallest absolute Gasteiger partial charge is 0.130 e. The van der Waals surface area contributed by atoms with Gasteiger partial charge in [-0.2, -0.15) is 0 Å². The van der Waals surface area contributed by atoms with Crippen LogP contribution in [0.4, 0.5) is 4.39 Å². The quantitative estimate of drug-likeness (QED) is 0.682. The van der Waals surface area contributed by atoms with Crippen molar-refractivity contribution in [2.24, 2.45) is 0 Å². The zero-order valence-electron chi connectivity index (χ0n) is 9.71. The number of alkyl halides is 1. The van der Waals surface area contributed by atoms with Crippen LogP contribution in [0, 0.1) is 12.7 Å². The lowest BCUT2D eigenvalue weighted by Crippen LogP contribution is -1.90. The summed E-state index contributed by atoms with van der Waals surface area (Å²) in [7, 11) is 0. The molecule has 2 rings (SSSR count). The van der Waals surface area contributed by atoms with Crippen molar-refractivity contribution in [3.05, 3.63) is 57.8 Å². The summed E-state index contributed by atoms with van der Waals surface area (Å²) in [5, 5.41) is 0. The molecule has 0 N–H and O–H groups in total. The van der Waals surface area contributed by atoms with E-state index in [1.165, 1.54) is 12.1 Å². The number of aryl methyl sites for hydroxylation is 1. The van der Waals surface area contributed by atoms with E-state index in [1.54, 1.807) is 13.0 Å². The average Bonchev–Trinajstić information content (AvgIpc) is 2.33. The summed E-state index contributed by atoms with van der Waals surface area (Å²) in [5.41, 5.74) is 1.76. The second-order valence-electron chi connectivity index (χ2n) is 3.90. The Hall–Kier alpha value is -1.06. The molecule has 4 heteroatoms. The van der Waals surface area contributed by atoms with Gasteiger partial charge in [-0.25, -0.2) is 4.39 Å². The first kappa shape index (κ1) is 13.4. The van der Waals surface area contributed by atoms with Gasteiger partial charge in [-0.1, -0.05) is 22.0 Å². The molecular formula is C14H11BrClFO. The van der Waals surface area contributed by atoms with Crippen LogP contribution in [0.1, 0.15) is 11.1 Å². The van der Waals surface area contributed by atoms with E-state index in [4.69, 9.17) is 16.3 Å². The Morgan fingerprint density at radius 3 is 2.61 bits per heavy atom. The molecule has 0 radical (unpaired) electrons. The molecule has 1 nitrogen and oxygen atoms in total. The van der Waals surface area contributed by atoms with Gasteiger partial charge in [-0.3, -0.25) is 0 Å². The van der Waals surface area contributed by atoms with Gasteiger partial charge in [-0.05, 0) is 48.4 Å². The van der Waals surface area contributed by atoms with Crippen LogP contribution in [0.5, 0.6) is 11.5 Å². The SMILES string of the molecule is Cc1cc(F)ccc1Oc1ccc(CCl)c(Br)c1. The summed E-state index contributed by atoms with van der Waals surface area (Å²) in [5.74, 6) is 1.50. The fourth-order valence-electron chi connectivity index (χ4n) is 1.55. The summed E-state index contributed by atoms with van der Waals surface area (Å²) >= 11 is 9.20. The minimum absolute atomic E-state index is 0.265. The zero-order chi connectivity index (χ0) is 13.1. The minimum Gasteiger partial charge on any atom is -0.457 e. The van der Waals surface area contributed by atoms with Crippen LogP contribution in [-0.2, 0) is 5.88 Å². The van der Waals surface area contributed by atoms with Gasteiger partial charge in [0.15, 0.2) is 0 Å². The highest BCUT2D eigenvalue weighted by Gasteiger charge is 2.05. The molecule has 18 heavy (non-hydrogen) atoms. The van der Waals surface area contributed by atoms with E-state index in [-0.39, 0.29) is 5.82 Å². The van der Waals surface area contributed by atoms with E-state index in [1.807, 2.05) is 18.2 Å². The van der Waals surface area contributed by atoms with Crippen LogP contribution in [0.2, 0.25) is 0 Å². The molecule has 0 fully saturated rings. The van der Waals surface area contributed by atoms with Crippen molar-refractivity contribution in [2.75, 3.05) is 0 Å². The normalized spacial score (nSPS) is 10.4. The van der Waals surface area contributed by atoms with Crippen LogP contribution >= 0.6 is 27.5 Å². The highest BCUT2D eigenvalue weighted by atomic mass is 79.9. The van der Waals surface area contributed by atoms with Gasteiger partial charge >= 0.3 is 0 Å². The van der Waals surface area contributed by atoms with Crippen molar-refractivity contribution < 1.29 is 9.13 Å². The van der Waals surface area contributed by atoms with Crippen molar-refractivity contribution in [3.63, 3.8) is 0 Å². The van der Waals surface area contributed by atoms with E-state index in [2.05, 4.69) is 15.9 Å². The fourth-order valence-corrected chi connectivity index (χ4v) is 2.45. The summed E-state index contributed by atoms with van der Waals surface area (Å²) in [6.07, 6.45) is 0. The molecule has 0 aromatic heterocycles. The van der Waals surface area contributed by atoms with Crippen LogP contribution in [0.25, 0.3) is 0 Å². The number of halogens is 3. The molecule has 0 aliphatic carbocycles. The number of rotatable bonds is 3. The van der Waals surface area contributed by atoms with Gasteiger partial charge in [0.2, 0.25) is 0 Å². The number of hydrogen-bond donors (Lipinski definition) is 0. The van der Waals surface area contributed by atoms with Crippen LogP contribution < -0.4 is 4.74 Å².